The third kappa shape index (κ3) is 3.48. The van der Waals surface area contributed by atoms with Gasteiger partial charge in [-0.15, -0.1) is 0 Å². The van der Waals surface area contributed by atoms with Crippen LogP contribution in [0.4, 0.5) is 10.8 Å². The summed E-state index contributed by atoms with van der Waals surface area (Å²) < 4.78 is 0. The molecule has 4 nitrogen and oxygen atoms in total. The van der Waals surface area contributed by atoms with E-state index >= 15 is 0 Å². The summed E-state index contributed by atoms with van der Waals surface area (Å²) in [5.41, 5.74) is 3.29. The van der Waals surface area contributed by atoms with Crippen molar-refractivity contribution >= 4 is 45.4 Å². The number of aliphatic hydroxyl groups is 1. The van der Waals surface area contributed by atoms with Gasteiger partial charge < -0.3 is 10.4 Å². The number of nitrogens with zero attached hydrogens (tertiary/aromatic N) is 2. The van der Waals surface area contributed by atoms with E-state index in [0.29, 0.717) is 26.6 Å². The predicted octanol–water partition coefficient (Wildman–Crippen LogP) is 5.06. The van der Waals surface area contributed by atoms with Gasteiger partial charge in [-0.2, -0.15) is 0 Å². The van der Waals surface area contributed by atoms with E-state index in [2.05, 4.69) is 15.3 Å². The Morgan fingerprint density at radius 3 is 2.83 bits per heavy atom. The average molecular weight is 366 g/mol. The van der Waals surface area contributed by atoms with Crippen molar-refractivity contribution in [1.82, 2.24) is 9.97 Å². The highest BCUT2D eigenvalue weighted by Gasteiger charge is 2.14. The van der Waals surface area contributed by atoms with Crippen LogP contribution in [-0.4, -0.2) is 15.1 Å². The Bertz CT molecular complexity index is 851. The fraction of sp³-hybridized carbons (Fsp3) is 0.125. The number of halogens is 2. The summed E-state index contributed by atoms with van der Waals surface area (Å²) >= 11 is 13.6. The van der Waals surface area contributed by atoms with Gasteiger partial charge in [0.15, 0.2) is 5.13 Å². The van der Waals surface area contributed by atoms with Crippen LogP contribution in [0.25, 0.3) is 11.3 Å². The van der Waals surface area contributed by atoms with Crippen LogP contribution >= 0.6 is 34.5 Å². The van der Waals surface area contributed by atoms with Crippen molar-refractivity contribution in [1.29, 1.82) is 0 Å². The molecule has 0 amide bonds. The Hall–Kier alpha value is -1.66. The maximum absolute atomic E-state index is 9.60. The number of thiazole rings is 1. The lowest BCUT2D eigenvalue weighted by Crippen LogP contribution is -1.91. The molecule has 3 rings (SSSR count). The smallest absolute Gasteiger partial charge is 0.188 e. The normalized spacial score (nSPS) is 10.8. The molecule has 2 aromatic heterocycles. The van der Waals surface area contributed by atoms with Gasteiger partial charge in [0.05, 0.1) is 32.9 Å². The molecule has 0 unspecified atom stereocenters. The number of anilines is 2. The predicted molar refractivity (Wildman–Crippen MR) is 95.7 cm³/mol. The molecular formula is C16H13Cl2N3OS. The van der Waals surface area contributed by atoms with Gasteiger partial charge in [0.25, 0.3) is 0 Å². The zero-order valence-electron chi connectivity index (χ0n) is 12.2. The molecule has 3 aromatic rings. The average Bonchev–Trinajstić information content (AvgIpc) is 2.95. The number of nitrogens with one attached hydrogen (secondary N) is 1. The van der Waals surface area contributed by atoms with E-state index in [-0.39, 0.29) is 6.61 Å². The van der Waals surface area contributed by atoms with Crippen LogP contribution < -0.4 is 5.32 Å². The van der Waals surface area contributed by atoms with Gasteiger partial charge in [0.2, 0.25) is 0 Å². The van der Waals surface area contributed by atoms with E-state index in [9.17, 15) is 5.11 Å². The van der Waals surface area contributed by atoms with Crippen LogP contribution in [-0.2, 0) is 6.61 Å². The molecule has 0 aliphatic rings. The fourth-order valence-electron chi connectivity index (χ4n) is 2.14. The first-order valence-electron chi connectivity index (χ1n) is 6.82. The van der Waals surface area contributed by atoms with Gasteiger partial charge in [-0.1, -0.05) is 40.6 Å². The highest BCUT2D eigenvalue weighted by molar-refractivity contribution is 7.16. The number of hydrogen-bond acceptors (Lipinski definition) is 5. The second-order valence-electron chi connectivity index (χ2n) is 4.93. The first kappa shape index (κ1) is 16.2. The van der Waals surface area contributed by atoms with Gasteiger partial charge in [-0.05, 0) is 30.7 Å². The monoisotopic (exact) mass is 365 g/mol. The fourth-order valence-corrected chi connectivity index (χ4v) is 3.34. The number of aryl methyl sites for hydroxylation is 1. The van der Waals surface area contributed by atoms with Crippen LogP contribution in [0.2, 0.25) is 10.0 Å². The Balaban J connectivity index is 1.97. The molecule has 0 aliphatic heterocycles. The first-order chi connectivity index (χ1) is 11.1. The van der Waals surface area contributed by atoms with Crippen molar-refractivity contribution < 1.29 is 5.11 Å². The molecule has 7 heteroatoms. The van der Waals surface area contributed by atoms with Crippen LogP contribution in [0.15, 0.2) is 36.7 Å². The Labute approximate surface area is 147 Å². The zero-order chi connectivity index (χ0) is 16.4. The maximum atomic E-state index is 9.60. The van der Waals surface area contributed by atoms with Crippen LogP contribution in [0, 0.1) is 6.92 Å². The van der Waals surface area contributed by atoms with Crippen LogP contribution in [0.1, 0.15) is 10.4 Å². The van der Waals surface area contributed by atoms with E-state index in [1.165, 1.54) is 11.3 Å². The summed E-state index contributed by atoms with van der Waals surface area (Å²) in [5, 5.41) is 14.3. The SMILES string of the molecule is Cc1cncc(-c2nc(Nc3cccc(Cl)c3Cl)sc2CO)c1. The van der Waals surface area contributed by atoms with E-state index < -0.39 is 0 Å². The van der Waals surface area contributed by atoms with Gasteiger partial charge in [0.1, 0.15) is 0 Å². The summed E-state index contributed by atoms with van der Waals surface area (Å²) in [4.78, 5) is 9.51. The standard InChI is InChI=1S/C16H13Cl2N3OS/c1-9-5-10(7-19-6-9)15-13(8-22)23-16(21-15)20-12-4-2-3-11(17)14(12)18/h2-7,22H,8H2,1H3,(H,20,21). The van der Waals surface area contributed by atoms with Crippen LogP contribution in [0.3, 0.4) is 0 Å². The molecule has 0 atom stereocenters. The van der Waals surface area contributed by atoms with Crippen molar-refractivity contribution in [3.8, 4) is 11.3 Å². The molecule has 2 N–H and O–H groups in total. The summed E-state index contributed by atoms with van der Waals surface area (Å²) in [5.74, 6) is 0. The molecule has 0 bridgehead atoms. The summed E-state index contributed by atoms with van der Waals surface area (Å²) in [6.45, 7) is 1.87. The topological polar surface area (TPSA) is 58.0 Å². The lowest BCUT2D eigenvalue weighted by molar-refractivity contribution is 0.286. The quantitative estimate of drug-likeness (QED) is 0.678. The summed E-state index contributed by atoms with van der Waals surface area (Å²) in [6, 6.07) is 7.34. The Kier molecular flexibility index (Phi) is 4.82. The molecule has 0 aliphatic carbocycles. The third-order valence-electron chi connectivity index (χ3n) is 3.18. The molecule has 0 radical (unpaired) electrons. The molecule has 0 saturated carbocycles. The minimum absolute atomic E-state index is 0.0914. The van der Waals surface area contributed by atoms with Crippen LogP contribution in [0.5, 0.6) is 0 Å². The van der Waals surface area contributed by atoms with Gasteiger partial charge in [-0.25, -0.2) is 4.98 Å². The molecule has 23 heavy (non-hydrogen) atoms. The van der Waals surface area contributed by atoms with Gasteiger partial charge in [-0.3, -0.25) is 4.98 Å². The lowest BCUT2D eigenvalue weighted by Gasteiger charge is -2.05. The number of pyridine rings is 1. The van der Waals surface area contributed by atoms with Gasteiger partial charge >= 0.3 is 0 Å². The molecule has 0 spiro atoms. The van der Waals surface area contributed by atoms with Crippen molar-refractivity contribution in [2.24, 2.45) is 0 Å². The summed E-state index contributed by atoms with van der Waals surface area (Å²) in [6.07, 6.45) is 3.51. The highest BCUT2D eigenvalue weighted by Crippen LogP contribution is 2.36. The third-order valence-corrected chi connectivity index (χ3v) is 4.96. The van der Waals surface area contributed by atoms with Crippen molar-refractivity contribution in [3.05, 3.63) is 57.1 Å². The maximum Gasteiger partial charge on any atom is 0.188 e. The lowest BCUT2D eigenvalue weighted by atomic mass is 10.1. The molecule has 2 heterocycles. The van der Waals surface area contributed by atoms with Crippen molar-refractivity contribution in [2.75, 3.05) is 5.32 Å². The van der Waals surface area contributed by atoms with E-state index in [1.807, 2.05) is 25.1 Å². The first-order valence-corrected chi connectivity index (χ1v) is 8.39. The Morgan fingerprint density at radius 1 is 1.26 bits per heavy atom. The minimum atomic E-state index is -0.0914. The number of aliphatic hydroxyl groups excluding tert-OH is 1. The van der Waals surface area contributed by atoms with E-state index in [1.54, 1.807) is 18.5 Å². The van der Waals surface area contributed by atoms with E-state index in [0.717, 1.165) is 16.0 Å². The minimum Gasteiger partial charge on any atom is -0.391 e. The van der Waals surface area contributed by atoms with Crippen molar-refractivity contribution in [3.63, 3.8) is 0 Å². The number of benzene rings is 1. The second kappa shape index (κ2) is 6.84. The number of aromatic nitrogens is 2. The molecule has 1 aromatic carbocycles. The summed E-state index contributed by atoms with van der Waals surface area (Å²) in [7, 11) is 0. The zero-order valence-corrected chi connectivity index (χ0v) is 14.5. The van der Waals surface area contributed by atoms with E-state index in [4.69, 9.17) is 23.2 Å². The number of hydrogen-bond donors (Lipinski definition) is 2. The molecule has 0 fully saturated rings. The molecule has 0 saturated heterocycles. The highest BCUT2D eigenvalue weighted by atomic mass is 35.5. The molecule has 118 valence electrons. The van der Waals surface area contributed by atoms with Gasteiger partial charge in [0, 0.05) is 18.0 Å². The van der Waals surface area contributed by atoms with Crippen molar-refractivity contribution in [2.45, 2.75) is 13.5 Å². The number of rotatable bonds is 4. The Morgan fingerprint density at radius 2 is 2.09 bits per heavy atom. The largest absolute Gasteiger partial charge is 0.391 e. The molecular weight excluding hydrogens is 353 g/mol. The second-order valence-corrected chi connectivity index (χ2v) is 6.80.